The predicted molar refractivity (Wildman–Crippen MR) is 57.3 cm³/mol. The van der Waals surface area contributed by atoms with Crippen molar-refractivity contribution in [3.63, 3.8) is 0 Å². The van der Waals surface area contributed by atoms with Crippen LogP contribution < -0.4 is 5.56 Å². The maximum Gasteiger partial charge on any atom is 0.248 e. The summed E-state index contributed by atoms with van der Waals surface area (Å²) < 4.78 is 0.900. The summed E-state index contributed by atoms with van der Waals surface area (Å²) in [6.45, 7) is 0. The largest absolute Gasteiger partial charge is 0.321 e. The van der Waals surface area contributed by atoms with E-state index in [0.29, 0.717) is 10.5 Å². The third-order valence-electron chi connectivity index (χ3n) is 1.75. The first kappa shape index (κ1) is 8.78. The number of benzene rings is 1. The zero-order valence-corrected chi connectivity index (χ0v) is 8.82. The summed E-state index contributed by atoms with van der Waals surface area (Å²) in [4.78, 5) is 13.7. The molecule has 13 heavy (non-hydrogen) atoms. The molecule has 0 aliphatic rings. The van der Waals surface area contributed by atoms with Gasteiger partial charge in [-0.15, -0.1) is 0 Å². The van der Waals surface area contributed by atoms with E-state index in [0.717, 1.165) is 9.86 Å². The van der Waals surface area contributed by atoms with Crippen LogP contribution in [0.3, 0.4) is 0 Å². The molecule has 0 saturated heterocycles. The van der Waals surface area contributed by atoms with Crippen LogP contribution in [0.1, 0.15) is 0 Å². The fourth-order valence-electron chi connectivity index (χ4n) is 1.19. The van der Waals surface area contributed by atoms with E-state index in [-0.39, 0.29) is 5.56 Å². The summed E-state index contributed by atoms with van der Waals surface area (Å²) >= 11 is 9.26. The third kappa shape index (κ3) is 1.62. The summed E-state index contributed by atoms with van der Waals surface area (Å²) in [5, 5.41) is 1.46. The first-order chi connectivity index (χ1) is 6.16. The molecule has 0 unspecified atom stereocenters. The highest BCUT2D eigenvalue weighted by Crippen LogP contribution is 2.25. The van der Waals surface area contributed by atoms with Crippen molar-refractivity contribution in [1.82, 2.24) is 4.98 Å². The van der Waals surface area contributed by atoms with Crippen LogP contribution in [0.15, 0.2) is 33.5 Å². The van der Waals surface area contributed by atoms with Gasteiger partial charge in [0.15, 0.2) is 0 Å². The molecule has 0 aliphatic heterocycles. The molecule has 0 atom stereocenters. The van der Waals surface area contributed by atoms with E-state index in [1.165, 1.54) is 6.07 Å². The molecule has 1 heterocycles. The maximum absolute atomic E-state index is 11.0. The number of pyridine rings is 1. The Bertz CT molecular complexity index is 520. The SMILES string of the molecule is O=c1ccc2cc(Br)cc(Cl)c2[nH]1. The van der Waals surface area contributed by atoms with Crippen molar-refractivity contribution in [3.05, 3.63) is 44.1 Å². The zero-order chi connectivity index (χ0) is 9.42. The Morgan fingerprint density at radius 1 is 1.31 bits per heavy atom. The average Bonchev–Trinajstić information content (AvgIpc) is 2.06. The molecule has 0 fully saturated rings. The molecule has 0 aliphatic carbocycles. The summed E-state index contributed by atoms with van der Waals surface area (Å²) in [6.07, 6.45) is 0. The number of halogens is 2. The molecule has 2 nitrogen and oxygen atoms in total. The van der Waals surface area contributed by atoms with Gasteiger partial charge in [0.05, 0.1) is 10.5 Å². The topological polar surface area (TPSA) is 32.9 Å². The molecule has 0 amide bonds. The van der Waals surface area contributed by atoms with Gasteiger partial charge in [0, 0.05) is 15.9 Å². The van der Waals surface area contributed by atoms with Gasteiger partial charge in [0.2, 0.25) is 5.56 Å². The molecule has 1 N–H and O–H groups in total. The van der Waals surface area contributed by atoms with Gasteiger partial charge in [-0.3, -0.25) is 4.79 Å². The Morgan fingerprint density at radius 2 is 2.08 bits per heavy atom. The summed E-state index contributed by atoms with van der Waals surface area (Å²) in [5.74, 6) is 0. The molecule has 1 aromatic carbocycles. The van der Waals surface area contributed by atoms with Crippen LogP contribution in [-0.2, 0) is 0 Å². The van der Waals surface area contributed by atoms with Gasteiger partial charge in [-0.25, -0.2) is 0 Å². The van der Waals surface area contributed by atoms with Crippen LogP contribution in [0.4, 0.5) is 0 Å². The highest BCUT2D eigenvalue weighted by molar-refractivity contribution is 9.10. The minimum Gasteiger partial charge on any atom is -0.321 e. The molecule has 0 bridgehead atoms. The van der Waals surface area contributed by atoms with E-state index >= 15 is 0 Å². The first-order valence-corrected chi connectivity index (χ1v) is 4.82. The lowest BCUT2D eigenvalue weighted by molar-refractivity contribution is 1.31. The average molecular weight is 259 g/mol. The first-order valence-electron chi connectivity index (χ1n) is 3.65. The van der Waals surface area contributed by atoms with Crippen molar-refractivity contribution in [3.8, 4) is 0 Å². The molecule has 1 aromatic heterocycles. The molecular formula is C9H5BrClNO. The Morgan fingerprint density at radius 3 is 2.85 bits per heavy atom. The monoisotopic (exact) mass is 257 g/mol. The van der Waals surface area contributed by atoms with Gasteiger partial charge < -0.3 is 4.98 Å². The molecule has 2 aromatic rings. The van der Waals surface area contributed by atoms with Gasteiger partial charge in [0.25, 0.3) is 0 Å². The van der Waals surface area contributed by atoms with Gasteiger partial charge in [0.1, 0.15) is 0 Å². The van der Waals surface area contributed by atoms with E-state index in [1.54, 1.807) is 12.1 Å². The number of rotatable bonds is 0. The molecule has 0 spiro atoms. The normalized spacial score (nSPS) is 10.6. The van der Waals surface area contributed by atoms with Gasteiger partial charge in [-0.2, -0.15) is 0 Å². The van der Waals surface area contributed by atoms with Crippen molar-refractivity contribution >= 4 is 38.4 Å². The lowest BCUT2D eigenvalue weighted by Gasteiger charge is -2.00. The Balaban J connectivity index is 2.95. The number of hydrogen-bond acceptors (Lipinski definition) is 1. The quantitative estimate of drug-likeness (QED) is 0.774. The zero-order valence-electron chi connectivity index (χ0n) is 6.47. The van der Waals surface area contributed by atoms with E-state index in [9.17, 15) is 4.79 Å². The molecule has 66 valence electrons. The Hall–Kier alpha value is -0.800. The van der Waals surface area contributed by atoms with Crippen molar-refractivity contribution in [1.29, 1.82) is 0 Å². The number of hydrogen-bond donors (Lipinski definition) is 1. The van der Waals surface area contributed by atoms with E-state index < -0.39 is 0 Å². The Kier molecular flexibility index (Phi) is 2.14. The second-order valence-corrected chi connectivity index (χ2v) is 4.00. The van der Waals surface area contributed by atoms with Crippen LogP contribution >= 0.6 is 27.5 Å². The van der Waals surface area contributed by atoms with E-state index in [1.807, 2.05) is 6.07 Å². The van der Waals surface area contributed by atoms with E-state index in [2.05, 4.69) is 20.9 Å². The fraction of sp³-hybridized carbons (Fsp3) is 0. The van der Waals surface area contributed by atoms with Gasteiger partial charge in [-0.1, -0.05) is 27.5 Å². The molecular weight excluding hydrogens is 253 g/mol. The second-order valence-electron chi connectivity index (χ2n) is 2.67. The minimum absolute atomic E-state index is 0.142. The second kappa shape index (κ2) is 3.16. The standard InChI is InChI=1S/C9H5BrClNO/c10-6-3-5-1-2-8(13)12-9(5)7(11)4-6/h1-4H,(H,12,13). The fourth-order valence-corrected chi connectivity index (χ4v) is 2.07. The van der Waals surface area contributed by atoms with Crippen molar-refractivity contribution in [2.45, 2.75) is 0 Å². The van der Waals surface area contributed by atoms with Crippen molar-refractivity contribution in [2.75, 3.05) is 0 Å². The lowest BCUT2D eigenvalue weighted by atomic mass is 10.2. The van der Waals surface area contributed by atoms with Crippen LogP contribution in [0, 0.1) is 0 Å². The third-order valence-corrected chi connectivity index (χ3v) is 2.50. The van der Waals surface area contributed by atoms with Crippen LogP contribution in [0.5, 0.6) is 0 Å². The predicted octanol–water partition coefficient (Wildman–Crippen LogP) is 2.94. The minimum atomic E-state index is -0.142. The van der Waals surface area contributed by atoms with Crippen LogP contribution in [0.2, 0.25) is 5.02 Å². The number of fused-ring (bicyclic) bond motifs is 1. The van der Waals surface area contributed by atoms with Gasteiger partial charge in [-0.05, 0) is 18.2 Å². The highest BCUT2D eigenvalue weighted by atomic mass is 79.9. The van der Waals surface area contributed by atoms with Gasteiger partial charge >= 0.3 is 0 Å². The highest BCUT2D eigenvalue weighted by Gasteiger charge is 2.00. The number of aromatic nitrogens is 1. The lowest BCUT2D eigenvalue weighted by Crippen LogP contribution is -2.02. The summed E-state index contributed by atoms with van der Waals surface area (Å²) in [5.41, 5.74) is 0.536. The maximum atomic E-state index is 11.0. The molecule has 2 rings (SSSR count). The summed E-state index contributed by atoms with van der Waals surface area (Å²) in [6, 6.07) is 6.87. The van der Waals surface area contributed by atoms with Crippen molar-refractivity contribution < 1.29 is 0 Å². The molecule has 4 heteroatoms. The van der Waals surface area contributed by atoms with Crippen LogP contribution in [0.25, 0.3) is 10.9 Å². The number of aromatic amines is 1. The smallest absolute Gasteiger partial charge is 0.248 e. The van der Waals surface area contributed by atoms with Crippen molar-refractivity contribution in [2.24, 2.45) is 0 Å². The van der Waals surface area contributed by atoms with Crippen LogP contribution in [-0.4, -0.2) is 4.98 Å². The molecule has 0 saturated carbocycles. The number of H-pyrrole nitrogens is 1. The molecule has 0 radical (unpaired) electrons. The van der Waals surface area contributed by atoms with E-state index in [4.69, 9.17) is 11.6 Å². The Labute approximate surface area is 87.7 Å². The number of nitrogens with one attached hydrogen (secondary N) is 1. The summed E-state index contributed by atoms with van der Waals surface area (Å²) in [7, 11) is 0.